The molecule has 130 valence electrons. The summed E-state index contributed by atoms with van der Waals surface area (Å²) in [6.45, 7) is 13.1. The highest BCUT2D eigenvalue weighted by atomic mass is 15.2. The van der Waals surface area contributed by atoms with Crippen LogP contribution in [-0.4, -0.2) is 43.6 Å². The van der Waals surface area contributed by atoms with Crippen molar-refractivity contribution < 1.29 is 0 Å². The van der Waals surface area contributed by atoms with Crippen molar-refractivity contribution in [3.63, 3.8) is 0 Å². The fourth-order valence-corrected chi connectivity index (χ4v) is 2.65. The first-order valence-electron chi connectivity index (χ1n) is 8.84. The Morgan fingerprint density at radius 2 is 1.91 bits per heavy atom. The summed E-state index contributed by atoms with van der Waals surface area (Å²) in [5.41, 5.74) is 2.62. The Morgan fingerprint density at radius 1 is 1.22 bits per heavy atom. The van der Waals surface area contributed by atoms with Crippen LogP contribution in [0.15, 0.2) is 29.3 Å². The Balaban J connectivity index is 2.34. The van der Waals surface area contributed by atoms with Crippen molar-refractivity contribution in [1.29, 1.82) is 0 Å². The molecule has 23 heavy (non-hydrogen) atoms. The van der Waals surface area contributed by atoms with Gasteiger partial charge in [-0.25, -0.2) is 0 Å². The molecule has 2 N–H and O–H groups in total. The van der Waals surface area contributed by atoms with Gasteiger partial charge in [-0.1, -0.05) is 38.1 Å². The smallest absolute Gasteiger partial charge is 0.191 e. The Morgan fingerprint density at radius 3 is 2.52 bits per heavy atom. The minimum absolute atomic E-state index is 0.425. The second-order valence-corrected chi connectivity index (χ2v) is 6.07. The van der Waals surface area contributed by atoms with Crippen molar-refractivity contribution in [2.75, 3.05) is 26.7 Å². The molecule has 0 saturated carbocycles. The standard InChI is InChI=1S/C19H34N4/c1-6-23(7-2)14-10-12-17(4)22-19(20-5)21-15-18-13-9-8-11-16(18)3/h8-9,11,13,17H,6-7,10,12,14-15H2,1-5H3,(H2,20,21,22). The SMILES string of the molecule is CCN(CC)CCCC(C)NC(=NC)NCc1ccccc1C. The van der Waals surface area contributed by atoms with Gasteiger partial charge in [-0.3, -0.25) is 4.99 Å². The van der Waals surface area contributed by atoms with Gasteiger partial charge in [0.15, 0.2) is 5.96 Å². The van der Waals surface area contributed by atoms with E-state index in [0.29, 0.717) is 6.04 Å². The van der Waals surface area contributed by atoms with Gasteiger partial charge in [0.1, 0.15) is 0 Å². The van der Waals surface area contributed by atoms with Crippen molar-refractivity contribution >= 4 is 5.96 Å². The van der Waals surface area contributed by atoms with Gasteiger partial charge < -0.3 is 15.5 Å². The van der Waals surface area contributed by atoms with E-state index in [9.17, 15) is 0 Å². The molecule has 1 unspecified atom stereocenters. The number of guanidine groups is 1. The first kappa shape index (κ1) is 19.5. The summed E-state index contributed by atoms with van der Waals surface area (Å²) in [4.78, 5) is 6.80. The third-order valence-electron chi connectivity index (χ3n) is 4.32. The number of aryl methyl sites for hydroxylation is 1. The zero-order chi connectivity index (χ0) is 17.1. The summed E-state index contributed by atoms with van der Waals surface area (Å²) in [5, 5.41) is 6.89. The molecule has 4 heteroatoms. The fraction of sp³-hybridized carbons (Fsp3) is 0.632. The summed E-state index contributed by atoms with van der Waals surface area (Å²) in [6, 6.07) is 8.88. The van der Waals surface area contributed by atoms with Crippen LogP contribution >= 0.6 is 0 Å². The molecule has 1 aromatic rings. The van der Waals surface area contributed by atoms with Crippen LogP contribution in [0.1, 0.15) is 44.7 Å². The molecule has 1 atom stereocenters. The van der Waals surface area contributed by atoms with Gasteiger partial charge in [0.25, 0.3) is 0 Å². The topological polar surface area (TPSA) is 39.7 Å². The number of hydrogen-bond donors (Lipinski definition) is 2. The van der Waals surface area contributed by atoms with Gasteiger partial charge >= 0.3 is 0 Å². The van der Waals surface area contributed by atoms with E-state index in [1.54, 1.807) is 0 Å². The zero-order valence-electron chi connectivity index (χ0n) is 15.5. The quantitative estimate of drug-likeness (QED) is 0.543. The lowest BCUT2D eigenvalue weighted by molar-refractivity contribution is 0.292. The van der Waals surface area contributed by atoms with E-state index in [1.165, 1.54) is 24.1 Å². The molecule has 0 saturated heterocycles. The van der Waals surface area contributed by atoms with E-state index in [0.717, 1.165) is 32.0 Å². The van der Waals surface area contributed by atoms with Crippen LogP contribution in [0.5, 0.6) is 0 Å². The van der Waals surface area contributed by atoms with Crippen LogP contribution in [0.25, 0.3) is 0 Å². The second kappa shape index (κ2) is 11.1. The van der Waals surface area contributed by atoms with Crippen LogP contribution in [0, 0.1) is 6.92 Å². The third kappa shape index (κ3) is 7.51. The number of hydrogen-bond acceptors (Lipinski definition) is 2. The summed E-state index contributed by atoms with van der Waals surface area (Å²) in [5.74, 6) is 0.878. The minimum Gasteiger partial charge on any atom is -0.354 e. The highest BCUT2D eigenvalue weighted by Gasteiger charge is 2.07. The van der Waals surface area contributed by atoms with Crippen LogP contribution in [0.4, 0.5) is 0 Å². The number of nitrogens with one attached hydrogen (secondary N) is 2. The van der Waals surface area contributed by atoms with E-state index in [4.69, 9.17) is 0 Å². The summed E-state index contributed by atoms with van der Waals surface area (Å²) in [7, 11) is 1.83. The number of benzene rings is 1. The van der Waals surface area contributed by atoms with E-state index >= 15 is 0 Å². The lowest BCUT2D eigenvalue weighted by atomic mass is 10.1. The lowest BCUT2D eigenvalue weighted by Gasteiger charge is -2.21. The molecule has 0 aromatic heterocycles. The van der Waals surface area contributed by atoms with Crippen LogP contribution in [0.2, 0.25) is 0 Å². The molecular formula is C19H34N4. The summed E-state index contributed by atoms with van der Waals surface area (Å²) in [6.07, 6.45) is 2.37. The lowest BCUT2D eigenvalue weighted by Crippen LogP contribution is -2.42. The molecular weight excluding hydrogens is 284 g/mol. The van der Waals surface area contributed by atoms with E-state index in [-0.39, 0.29) is 0 Å². The third-order valence-corrected chi connectivity index (χ3v) is 4.32. The Bertz CT molecular complexity index is 466. The van der Waals surface area contributed by atoms with Crippen molar-refractivity contribution in [3.05, 3.63) is 35.4 Å². The van der Waals surface area contributed by atoms with E-state index in [2.05, 4.69) is 72.5 Å². The van der Waals surface area contributed by atoms with Crippen molar-refractivity contribution in [1.82, 2.24) is 15.5 Å². The number of aliphatic imine (C=N–C) groups is 1. The molecule has 1 aromatic carbocycles. The Hall–Kier alpha value is -1.55. The summed E-state index contributed by atoms with van der Waals surface area (Å²) >= 11 is 0. The first-order valence-corrected chi connectivity index (χ1v) is 8.84. The molecule has 0 spiro atoms. The maximum absolute atomic E-state index is 4.33. The monoisotopic (exact) mass is 318 g/mol. The Labute approximate surface area is 142 Å². The maximum atomic E-state index is 4.33. The molecule has 0 amide bonds. The van der Waals surface area contributed by atoms with Gasteiger partial charge in [-0.05, 0) is 57.5 Å². The molecule has 0 heterocycles. The first-order chi connectivity index (χ1) is 11.1. The molecule has 0 aliphatic rings. The predicted octanol–water partition coefficient (Wildman–Crippen LogP) is 3.17. The molecule has 0 aliphatic heterocycles. The number of nitrogens with zero attached hydrogens (tertiary/aromatic N) is 2. The van der Waals surface area contributed by atoms with Gasteiger partial charge in [-0.15, -0.1) is 0 Å². The Kier molecular flexibility index (Phi) is 9.37. The van der Waals surface area contributed by atoms with Crippen LogP contribution in [0.3, 0.4) is 0 Å². The van der Waals surface area contributed by atoms with Crippen LogP contribution < -0.4 is 10.6 Å². The van der Waals surface area contributed by atoms with Crippen molar-refractivity contribution in [3.8, 4) is 0 Å². The molecule has 0 aliphatic carbocycles. The molecule has 0 radical (unpaired) electrons. The van der Waals surface area contributed by atoms with Gasteiger partial charge in [-0.2, -0.15) is 0 Å². The summed E-state index contributed by atoms with van der Waals surface area (Å²) < 4.78 is 0. The van der Waals surface area contributed by atoms with Crippen LogP contribution in [-0.2, 0) is 6.54 Å². The maximum Gasteiger partial charge on any atom is 0.191 e. The van der Waals surface area contributed by atoms with Crippen molar-refractivity contribution in [2.24, 2.45) is 4.99 Å². The highest BCUT2D eigenvalue weighted by Crippen LogP contribution is 2.06. The average Bonchev–Trinajstić information content (AvgIpc) is 2.56. The van der Waals surface area contributed by atoms with Gasteiger partial charge in [0.2, 0.25) is 0 Å². The molecule has 0 bridgehead atoms. The number of rotatable bonds is 9. The molecule has 0 fully saturated rings. The highest BCUT2D eigenvalue weighted by molar-refractivity contribution is 5.79. The normalized spacial score (nSPS) is 13.2. The van der Waals surface area contributed by atoms with Gasteiger partial charge in [0, 0.05) is 19.6 Å². The molecule has 1 rings (SSSR count). The second-order valence-electron chi connectivity index (χ2n) is 6.07. The van der Waals surface area contributed by atoms with Gasteiger partial charge in [0.05, 0.1) is 0 Å². The van der Waals surface area contributed by atoms with E-state index < -0.39 is 0 Å². The minimum atomic E-state index is 0.425. The zero-order valence-corrected chi connectivity index (χ0v) is 15.5. The fourth-order valence-electron chi connectivity index (χ4n) is 2.65. The van der Waals surface area contributed by atoms with Crippen molar-refractivity contribution in [2.45, 2.75) is 53.1 Å². The average molecular weight is 319 g/mol. The molecule has 4 nitrogen and oxygen atoms in total. The largest absolute Gasteiger partial charge is 0.354 e. The van der Waals surface area contributed by atoms with E-state index in [1.807, 2.05) is 7.05 Å². The predicted molar refractivity (Wildman–Crippen MR) is 101 cm³/mol.